The molecule has 2 heteroatoms. The predicted octanol–water partition coefficient (Wildman–Crippen LogP) is 6.98. The molecule has 0 unspecified atom stereocenters. The monoisotopic (exact) mass is 343 g/mol. The first-order chi connectivity index (χ1) is 11.8. The number of nitrogens with zero attached hydrogens (tertiary/aromatic N) is 1. The number of hydrogen-bond acceptors (Lipinski definition) is 2. The van der Waals surface area contributed by atoms with Crippen molar-refractivity contribution >= 4 is 0 Å². The Bertz CT molecular complexity index is 630. The minimum absolute atomic E-state index is 0.525. The standard InChI is InChI=1S/C11H17NO.C10H14.C2H6/c1-7(2)10-8(3)6-12-11(13-5)9(10)4;1-8(2)10-7-5-4-6-9(10)3;1-2/h6-7H,1-5H3;4-8H,1-3H3;1-2H3. The topological polar surface area (TPSA) is 22.1 Å². The average molecular weight is 344 g/mol. The fourth-order valence-corrected chi connectivity index (χ4v) is 3.06. The van der Waals surface area contributed by atoms with Crippen LogP contribution < -0.4 is 4.74 Å². The molecule has 0 aliphatic carbocycles. The maximum atomic E-state index is 5.18. The Labute approximate surface area is 155 Å². The van der Waals surface area contributed by atoms with Gasteiger partial charge in [-0.3, -0.25) is 0 Å². The number of hydrogen-bond donors (Lipinski definition) is 0. The van der Waals surface area contributed by atoms with Crippen LogP contribution in [-0.4, -0.2) is 12.1 Å². The van der Waals surface area contributed by atoms with Crippen LogP contribution in [0.1, 0.15) is 81.2 Å². The van der Waals surface area contributed by atoms with Gasteiger partial charge in [-0.25, -0.2) is 4.98 Å². The Morgan fingerprint density at radius 3 is 1.80 bits per heavy atom. The molecule has 0 bridgehead atoms. The van der Waals surface area contributed by atoms with E-state index in [1.54, 1.807) is 7.11 Å². The number of methoxy groups -OCH3 is 1. The van der Waals surface area contributed by atoms with Crippen LogP contribution in [0.5, 0.6) is 5.88 Å². The molecule has 0 spiro atoms. The van der Waals surface area contributed by atoms with E-state index in [-0.39, 0.29) is 0 Å². The number of aryl methyl sites for hydroxylation is 2. The zero-order valence-corrected chi connectivity index (χ0v) is 17.9. The summed E-state index contributed by atoms with van der Waals surface area (Å²) in [5, 5.41) is 0. The van der Waals surface area contributed by atoms with E-state index in [1.807, 2.05) is 20.0 Å². The van der Waals surface area contributed by atoms with Crippen molar-refractivity contribution in [2.24, 2.45) is 0 Å². The predicted molar refractivity (Wildman–Crippen MR) is 111 cm³/mol. The smallest absolute Gasteiger partial charge is 0.216 e. The van der Waals surface area contributed by atoms with Gasteiger partial charge in [0.15, 0.2) is 0 Å². The van der Waals surface area contributed by atoms with Crippen molar-refractivity contribution in [3.63, 3.8) is 0 Å². The third-order valence-corrected chi connectivity index (χ3v) is 4.11. The van der Waals surface area contributed by atoms with E-state index in [0.717, 1.165) is 11.4 Å². The number of rotatable bonds is 3. The number of aromatic nitrogens is 1. The first-order valence-electron chi connectivity index (χ1n) is 9.35. The minimum Gasteiger partial charge on any atom is -0.481 e. The lowest BCUT2D eigenvalue weighted by Crippen LogP contribution is -2.01. The molecule has 0 N–H and O–H groups in total. The van der Waals surface area contributed by atoms with Crippen molar-refractivity contribution in [2.75, 3.05) is 7.11 Å². The van der Waals surface area contributed by atoms with Crippen molar-refractivity contribution in [1.29, 1.82) is 0 Å². The molecule has 1 aromatic heterocycles. The van der Waals surface area contributed by atoms with Crippen LogP contribution in [0, 0.1) is 20.8 Å². The van der Waals surface area contributed by atoms with Gasteiger partial charge in [0, 0.05) is 11.8 Å². The molecule has 0 aliphatic heterocycles. The Kier molecular flexibility index (Phi) is 10.8. The third kappa shape index (κ3) is 6.89. The van der Waals surface area contributed by atoms with Crippen LogP contribution in [0.3, 0.4) is 0 Å². The highest BCUT2D eigenvalue weighted by Gasteiger charge is 2.11. The van der Waals surface area contributed by atoms with Crippen LogP contribution in [0.2, 0.25) is 0 Å². The molecule has 1 heterocycles. The van der Waals surface area contributed by atoms with E-state index < -0.39 is 0 Å². The Morgan fingerprint density at radius 1 is 0.840 bits per heavy atom. The molecule has 0 atom stereocenters. The van der Waals surface area contributed by atoms with Gasteiger partial charge in [-0.05, 0) is 54.9 Å². The van der Waals surface area contributed by atoms with Crippen molar-refractivity contribution < 1.29 is 4.74 Å². The fourth-order valence-electron chi connectivity index (χ4n) is 3.06. The van der Waals surface area contributed by atoms with E-state index in [0.29, 0.717) is 11.8 Å². The third-order valence-electron chi connectivity index (χ3n) is 4.11. The molecule has 140 valence electrons. The Balaban J connectivity index is 0.000000430. The summed E-state index contributed by atoms with van der Waals surface area (Å²) in [6, 6.07) is 8.54. The molecule has 2 nitrogen and oxygen atoms in total. The SMILES string of the molecule is CC.COc1ncc(C)c(C(C)C)c1C.Cc1ccccc1C(C)C. The fraction of sp³-hybridized carbons (Fsp3) is 0.522. The van der Waals surface area contributed by atoms with E-state index >= 15 is 0 Å². The van der Waals surface area contributed by atoms with Crippen LogP contribution in [0.15, 0.2) is 30.5 Å². The molecule has 0 fully saturated rings. The number of pyridine rings is 1. The first kappa shape index (κ1) is 23.2. The molecule has 25 heavy (non-hydrogen) atoms. The summed E-state index contributed by atoms with van der Waals surface area (Å²) in [6.45, 7) is 19.1. The molecule has 0 radical (unpaired) electrons. The van der Waals surface area contributed by atoms with E-state index in [9.17, 15) is 0 Å². The highest BCUT2D eigenvalue weighted by molar-refractivity contribution is 5.40. The second kappa shape index (κ2) is 11.7. The van der Waals surface area contributed by atoms with Crippen LogP contribution >= 0.6 is 0 Å². The van der Waals surface area contributed by atoms with Gasteiger partial charge in [0.05, 0.1) is 7.11 Å². The zero-order chi connectivity index (χ0) is 19.6. The van der Waals surface area contributed by atoms with Gasteiger partial charge < -0.3 is 4.74 Å². The number of ether oxygens (including phenoxy) is 1. The molecule has 2 aromatic rings. The van der Waals surface area contributed by atoms with Crippen molar-refractivity contribution in [1.82, 2.24) is 4.98 Å². The summed E-state index contributed by atoms with van der Waals surface area (Å²) in [7, 11) is 1.66. The lowest BCUT2D eigenvalue weighted by atomic mass is 9.95. The second-order valence-electron chi connectivity index (χ2n) is 6.66. The zero-order valence-electron chi connectivity index (χ0n) is 17.9. The summed E-state index contributed by atoms with van der Waals surface area (Å²) >= 11 is 0. The summed E-state index contributed by atoms with van der Waals surface area (Å²) in [4.78, 5) is 4.22. The van der Waals surface area contributed by atoms with E-state index in [2.05, 4.69) is 77.7 Å². The molecule has 2 rings (SSSR count). The molecular weight excluding hydrogens is 306 g/mol. The van der Waals surface area contributed by atoms with Gasteiger partial charge in [0.25, 0.3) is 0 Å². The molecule has 0 saturated carbocycles. The Morgan fingerprint density at radius 2 is 1.40 bits per heavy atom. The van der Waals surface area contributed by atoms with Crippen LogP contribution in [0.25, 0.3) is 0 Å². The van der Waals surface area contributed by atoms with Crippen molar-refractivity contribution in [2.45, 2.75) is 74.1 Å². The van der Waals surface area contributed by atoms with E-state index in [4.69, 9.17) is 4.74 Å². The Hall–Kier alpha value is -1.83. The van der Waals surface area contributed by atoms with Gasteiger partial charge in [-0.1, -0.05) is 65.8 Å². The van der Waals surface area contributed by atoms with Crippen LogP contribution in [-0.2, 0) is 0 Å². The highest BCUT2D eigenvalue weighted by atomic mass is 16.5. The first-order valence-corrected chi connectivity index (χ1v) is 9.35. The van der Waals surface area contributed by atoms with Gasteiger partial charge in [0.1, 0.15) is 0 Å². The largest absolute Gasteiger partial charge is 0.481 e. The molecule has 0 aliphatic rings. The summed E-state index contributed by atoms with van der Waals surface area (Å²) in [5.41, 5.74) is 6.62. The average Bonchev–Trinajstić information content (AvgIpc) is 2.57. The van der Waals surface area contributed by atoms with Gasteiger partial charge in [0.2, 0.25) is 5.88 Å². The molecule has 1 aromatic carbocycles. The normalized spacial score (nSPS) is 9.92. The van der Waals surface area contributed by atoms with Gasteiger partial charge in [-0.15, -0.1) is 0 Å². The summed E-state index contributed by atoms with van der Waals surface area (Å²) in [6.07, 6.45) is 1.88. The quantitative estimate of drug-likeness (QED) is 0.600. The van der Waals surface area contributed by atoms with Gasteiger partial charge >= 0.3 is 0 Å². The minimum atomic E-state index is 0.525. The molecule has 0 amide bonds. The molecular formula is C23H37NO. The number of benzene rings is 1. The molecule has 0 saturated heterocycles. The lowest BCUT2D eigenvalue weighted by Gasteiger charge is -2.14. The van der Waals surface area contributed by atoms with E-state index in [1.165, 1.54) is 22.3 Å². The van der Waals surface area contributed by atoms with Crippen molar-refractivity contribution in [3.05, 3.63) is 58.3 Å². The maximum absolute atomic E-state index is 5.18. The maximum Gasteiger partial charge on any atom is 0.216 e. The highest BCUT2D eigenvalue weighted by Crippen LogP contribution is 2.27. The van der Waals surface area contributed by atoms with Crippen LogP contribution in [0.4, 0.5) is 0 Å². The van der Waals surface area contributed by atoms with Gasteiger partial charge in [-0.2, -0.15) is 0 Å². The summed E-state index contributed by atoms with van der Waals surface area (Å²) in [5.74, 6) is 1.92. The lowest BCUT2D eigenvalue weighted by molar-refractivity contribution is 0.393. The van der Waals surface area contributed by atoms with Crippen molar-refractivity contribution in [3.8, 4) is 5.88 Å². The summed E-state index contributed by atoms with van der Waals surface area (Å²) < 4.78 is 5.18. The second-order valence-corrected chi connectivity index (χ2v) is 6.66.